The van der Waals surface area contributed by atoms with E-state index in [-0.39, 0.29) is 6.42 Å². The van der Waals surface area contributed by atoms with Crippen LogP contribution in [-0.2, 0) is 14.9 Å². The molecule has 0 radical (unpaired) electrons. The van der Waals surface area contributed by atoms with Crippen molar-refractivity contribution in [2.24, 2.45) is 0 Å². The fourth-order valence-electron chi connectivity index (χ4n) is 1.04. The van der Waals surface area contributed by atoms with Crippen LogP contribution in [-0.4, -0.2) is 36.5 Å². The number of rotatable bonds is 5. The first kappa shape index (κ1) is 16.2. The number of alkyl carbamates (subject to hydrolysis) is 1. The second kappa shape index (κ2) is 6.20. The Morgan fingerprint density at radius 2 is 1.94 bits per heavy atom. The lowest BCUT2D eigenvalue weighted by molar-refractivity contribution is 0.0527. The van der Waals surface area contributed by atoms with E-state index >= 15 is 0 Å². The van der Waals surface area contributed by atoms with E-state index in [9.17, 15) is 13.2 Å². The van der Waals surface area contributed by atoms with Crippen LogP contribution in [0.3, 0.4) is 0 Å². The Morgan fingerprint density at radius 1 is 1.41 bits per heavy atom. The fourth-order valence-corrected chi connectivity index (χ4v) is 1.51. The van der Waals surface area contributed by atoms with Gasteiger partial charge in [0.2, 0.25) is 0 Å². The van der Waals surface area contributed by atoms with Gasteiger partial charge in [0.05, 0.1) is 5.25 Å². The zero-order valence-corrected chi connectivity index (χ0v) is 11.5. The smallest absolute Gasteiger partial charge is 0.407 e. The Labute approximate surface area is 102 Å². The van der Waals surface area contributed by atoms with E-state index in [1.54, 1.807) is 20.8 Å². The zero-order chi connectivity index (χ0) is 13.7. The van der Waals surface area contributed by atoms with Crippen LogP contribution >= 0.6 is 0 Å². The molecule has 0 spiro atoms. The van der Waals surface area contributed by atoms with E-state index in [0.29, 0.717) is 13.0 Å². The van der Waals surface area contributed by atoms with Crippen LogP contribution in [0.4, 0.5) is 4.79 Å². The Kier molecular flexibility index (Phi) is 5.91. The summed E-state index contributed by atoms with van der Waals surface area (Å²) in [5.74, 6) is 0. The first-order chi connectivity index (χ1) is 7.52. The number of hydrogen-bond donors (Lipinski definition) is 2. The van der Waals surface area contributed by atoms with Crippen LogP contribution in [0.1, 0.15) is 40.5 Å². The molecule has 1 atom stereocenters. The van der Waals surface area contributed by atoms with Crippen molar-refractivity contribution in [3.05, 3.63) is 0 Å². The third-order valence-electron chi connectivity index (χ3n) is 1.96. The molecule has 0 heterocycles. The van der Waals surface area contributed by atoms with Crippen LogP contribution in [0.25, 0.3) is 0 Å². The van der Waals surface area contributed by atoms with Gasteiger partial charge in [0.25, 0.3) is 10.1 Å². The van der Waals surface area contributed by atoms with Gasteiger partial charge in [-0.25, -0.2) is 4.79 Å². The van der Waals surface area contributed by atoms with Crippen LogP contribution in [0.2, 0.25) is 0 Å². The summed E-state index contributed by atoms with van der Waals surface area (Å²) >= 11 is 0. The SMILES string of the molecule is CC(CCCNC(=O)OC(C)(C)C)S(=O)(=O)O. The summed E-state index contributed by atoms with van der Waals surface area (Å²) < 4.78 is 35.1. The van der Waals surface area contributed by atoms with Gasteiger partial charge in [-0.2, -0.15) is 8.42 Å². The molecule has 0 fully saturated rings. The van der Waals surface area contributed by atoms with Gasteiger partial charge < -0.3 is 10.1 Å². The van der Waals surface area contributed by atoms with Gasteiger partial charge in [-0.1, -0.05) is 0 Å². The average molecular weight is 267 g/mol. The quantitative estimate of drug-likeness (QED) is 0.582. The lowest BCUT2D eigenvalue weighted by Crippen LogP contribution is -2.33. The van der Waals surface area contributed by atoms with Crippen molar-refractivity contribution in [1.29, 1.82) is 0 Å². The van der Waals surface area contributed by atoms with E-state index < -0.39 is 27.1 Å². The third kappa shape index (κ3) is 8.93. The summed E-state index contributed by atoms with van der Waals surface area (Å²) in [4.78, 5) is 11.2. The van der Waals surface area contributed by atoms with E-state index in [0.717, 1.165) is 0 Å². The van der Waals surface area contributed by atoms with Gasteiger partial charge in [-0.05, 0) is 40.5 Å². The summed E-state index contributed by atoms with van der Waals surface area (Å²) in [7, 11) is -3.98. The molecule has 0 rings (SSSR count). The monoisotopic (exact) mass is 267 g/mol. The topological polar surface area (TPSA) is 92.7 Å². The van der Waals surface area contributed by atoms with Crippen molar-refractivity contribution in [3.8, 4) is 0 Å². The number of hydrogen-bond acceptors (Lipinski definition) is 4. The van der Waals surface area contributed by atoms with E-state index in [4.69, 9.17) is 9.29 Å². The van der Waals surface area contributed by atoms with Gasteiger partial charge in [0, 0.05) is 6.54 Å². The first-order valence-corrected chi connectivity index (χ1v) is 6.96. The number of carbonyl (C=O) groups is 1. The maximum Gasteiger partial charge on any atom is 0.407 e. The molecule has 1 amide bonds. The van der Waals surface area contributed by atoms with Gasteiger partial charge in [-0.3, -0.25) is 4.55 Å². The number of ether oxygens (including phenoxy) is 1. The Hall–Kier alpha value is -0.820. The Morgan fingerprint density at radius 3 is 2.35 bits per heavy atom. The van der Waals surface area contributed by atoms with Gasteiger partial charge >= 0.3 is 6.09 Å². The number of nitrogens with one attached hydrogen (secondary N) is 1. The minimum absolute atomic E-state index is 0.286. The van der Waals surface area contributed by atoms with Crippen LogP contribution in [0.15, 0.2) is 0 Å². The molecule has 0 aromatic carbocycles. The van der Waals surface area contributed by atoms with Crippen LogP contribution in [0, 0.1) is 0 Å². The Balaban J connectivity index is 3.76. The molecule has 0 aliphatic rings. The highest BCUT2D eigenvalue weighted by atomic mass is 32.2. The van der Waals surface area contributed by atoms with Gasteiger partial charge in [0.15, 0.2) is 0 Å². The van der Waals surface area contributed by atoms with Crippen molar-refractivity contribution in [3.63, 3.8) is 0 Å². The van der Waals surface area contributed by atoms with E-state index in [1.165, 1.54) is 6.92 Å². The standard InChI is InChI=1S/C10H21NO5S/c1-8(17(13,14)15)6-5-7-11-9(12)16-10(2,3)4/h8H,5-7H2,1-4H3,(H,11,12)(H,13,14,15). The highest BCUT2D eigenvalue weighted by Crippen LogP contribution is 2.07. The van der Waals surface area contributed by atoms with Crippen LogP contribution < -0.4 is 5.32 Å². The summed E-state index contributed by atoms with van der Waals surface area (Å²) in [5, 5.41) is 1.69. The van der Waals surface area contributed by atoms with Crippen LogP contribution in [0.5, 0.6) is 0 Å². The zero-order valence-electron chi connectivity index (χ0n) is 10.7. The molecule has 0 aromatic rings. The molecule has 0 saturated heterocycles. The minimum Gasteiger partial charge on any atom is -0.444 e. The lowest BCUT2D eigenvalue weighted by atomic mass is 10.2. The molecule has 0 aromatic heterocycles. The molecule has 2 N–H and O–H groups in total. The third-order valence-corrected chi connectivity index (χ3v) is 3.22. The summed E-state index contributed by atoms with van der Waals surface area (Å²) in [6.07, 6.45) is 0.214. The van der Waals surface area contributed by atoms with Gasteiger partial charge in [-0.15, -0.1) is 0 Å². The predicted molar refractivity (Wildman–Crippen MR) is 64.5 cm³/mol. The van der Waals surface area contributed by atoms with E-state index in [2.05, 4.69) is 5.32 Å². The molecule has 17 heavy (non-hydrogen) atoms. The van der Waals surface area contributed by atoms with Crippen molar-refractivity contribution in [1.82, 2.24) is 5.32 Å². The normalized spacial score (nSPS) is 14.2. The maximum absolute atomic E-state index is 11.2. The second-order valence-electron chi connectivity index (χ2n) is 4.90. The summed E-state index contributed by atoms with van der Waals surface area (Å²) in [5.41, 5.74) is -0.550. The molecule has 0 aliphatic carbocycles. The molecular weight excluding hydrogens is 246 g/mol. The highest BCUT2D eigenvalue weighted by Gasteiger charge is 2.18. The van der Waals surface area contributed by atoms with Gasteiger partial charge in [0.1, 0.15) is 5.60 Å². The number of amides is 1. The molecule has 6 nitrogen and oxygen atoms in total. The molecule has 0 bridgehead atoms. The van der Waals surface area contributed by atoms with E-state index in [1.807, 2.05) is 0 Å². The summed E-state index contributed by atoms with van der Waals surface area (Å²) in [6, 6.07) is 0. The molecular formula is C10H21NO5S. The molecule has 0 aliphatic heterocycles. The van der Waals surface area contributed by atoms with Crippen molar-refractivity contribution < 1.29 is 22.5 Å². The predicted octanol–water partition coefficient (Wildman–Crippen LogP) is 1.57. The average Bonchev–Trinajstić information content (AvgIpc) is 2.07. The van der Waals surface area contributed by atoms with Crippen molar-refractivity contribution in [2.45, 2.75) is 51.4 Å². The largest absolute Gasteiger partial charge is 0.444 e. The first-order valence-electron chi connectivity index (χ1n) is 5.45. The Bertz CT molecular complexity index is 344. The van der Waals surface area contributed by atoms with Crippen molar-refractivity contribution >= 4 is 16.2 Å². The molecule has 0 saturated carbocycles. The van der Waals surface area contributed by atoms with Crippen molar-refractivity contribution in [2.75, 3.05) is 6.54 Å². The molecule has 7 heteroatoms. The minimum atomic E-state index is -3.98. The highest BCUT2D eigenvalue weighted by molar-refractivity contribution is 7.86. The number of carbonyl (C=O) groups excluding carboxylic acids is 1. The maximum atomic E-state index is 11.2. The molecule has 1 unspecified atom stereocenters. The summed E-state index contributed by atoms with van der Waals surface area (Å²) in [6.45, 7) is 7.00. The molecule has 102 valence electrons. The second-order valence-corrected chi connectivity index (χ2v) is 6.73. The lowest BCUT2D eigenvalue weighted by Gasteiger charge is -2.19. The fraction of sp³-hybridized carbons (Fsp3) is 0.900.